The number of hydrogen-bond acceptors (Lipinski definition) is 5. The Kier molecular flexibility index (Phi) is 5.57. The maximum absolute atomic E-state index is 12.7. The van der Waals surface area contributed by atoms with E-state index in [-0.39, 0.29) is 18.3 Å². The maximum Gasteiger partial charge on any atom is 0.434 e. The van der Waals surface area contributed by atoms with E-state index in [0.29, 0.717) is 18.7 Å². The van der Waals surface area contributed by atoms with Crippen LogP contribution in [0.2, 0.25) is 0 Å². The molecule has 2 amide bonds. The Morgan fingerprint density at radius 1 is 1.10 bits per heavy atom. The Morgan fingerprint density at radius 3 is 2.50 bits per heavy atom. The number of carbonyl (C=O) groups excluding carboxylic acids is 1. The summed E-state index contributed by atoms with van der Waals surface area (Å²) in [6.07, 6.45) is 3.71. The summed E-state index contributed by atoms with van der Waals surface area (Å²) in [5.74, 6) is -0.0222. The predicted molar refractivity (Wildman–Crippen MR) is 119 cm³/mol. The van der Waals surface area contributed by atoms with Gasteiger partial charge in [-0.2, -0.15) is 8.42 Å². The molecule has 8 heteroatoms. The highest BCUT2D eigenvalue weighted by Crippen LogP contribution is 2.38. The fourth-order valence-electron chi connectivity index (χ4n) is 4.82. The molecule has 2 saturated heterocycles. The second-order valence-electron chi connectivity index (χ2n) is 8.11. The minimum Gasteiger partial charge on any atom is -0.364 e. The van der Waals surface area contributed by atoms with Crippen LogP contribution in [0.3, 0.4) is 0 Å². The van der Waals surface area contributed by atoms with Crippen molar-refractivity contribution >= 4 is 27.4 Å². The first-order valence-electron chi connectivity index (χ1n) is 10.5. The highest BCUT2D eigenvalue weighted by Gasteiger charge is 2.54. The Balaban J connectivity index is 1.68. The van der Waals surface area contributed by atoms with Gasteiger partial charge in [-0.05, 0) is 42.5 Å². The number of carbonyl (C=O) groups is 1. The van der Waals surface area contributed by atoms with Crippen LogP contribution in [0, 0.1) is 0 Å². The lowest BCUT2D eigenvalue weighted by atomic mass is 9.94. The van der Waals surface area contributed by atoms with Crippen LogP contribution in [-0.4, -0.2) is 33.3 Å². The first kappa shape index (κ1) is 20.8. The summed E-state index contributed by atoms with van der Waals surface area (Å²) in [6.45, 7) is 1.65. The van der Waals surface area contributed by atoms with Crippen LogP contribution in [0.25, 0.3) is 0 Å². The maximum atomic E-state index is 12.7. The van der Waals surface area contributed by atoms with Crippen LogP contribution in [0.15, 0.2) is 48.5 Å². The number of urea groups is 1. The largest absolute Gasteiger partial charge is 0.434 e. The van der Waals surface area contributed by atoms with Gasteiger partial charge in [0.25, 0.3) is 0 Å². The molecular formula is C22H29N4O3S+. The fourth-order valence-corrected chi connectivity index (χ4v) is 6.75. The molecule has 30 heavy (non-hydrogen) atoms. The van der Waals surface area contributed by atoms with E-state index in [2.05, 4.69) is 17.0 Å². The van der Waals surface area contributed by atoms with Gasteiger partial charge in [-0.3, -0.25) is 0 Å². The molecule has 4 N–H and O–H groups in total. The molecule has 0 aromatic heterocycles. The number of nitrogens with two attached hydrogens (primary N) is 2. The van der Waals surface area contributed by atoms with Gasteiger partial charge >= 0.3 is 16.1 Å². The second kappa shape index (κ2) is 8.02. The summed E-state index contributed by atoms with van der Waals surface area (Å²) in [5.41, 5.74) is 15.2. The van der Waals surface area contributed by atoms with Crippen molar-refractivity contribution in [2.45, 2.75) is 38.3 Å². The lowest BCUT2D eigenvalue weighted by Crippen LogP contribution is -2.58. The average molecular weight is 430 g/mol. The number of piperidine rings is 1. The van der Waals surface area contributed by atoms with Crippen LogP contribution < -0.4 is 20.3 Å². The smallest absolute Gasteiger partial charge is 0.364 e. The minimum absolute atomic E-state index is 0.0222. The number of hydrogen-bond donors (Lipinski definition) is 2. The summed E-state index contributed by atoms with van der Waals surface area (Å²) in [4.78, 5) is 14.6. The van der Waals surface area contributed by atoms with E-state index in [9.17, 15) is 13.2 Å². The summed E-state index contributed by atoms with van der Waals surface area (Å²) in [7, 11) is -3.66. The highest BCUT2D eigenvalue weighted by molar-refractivity contribution is 7.91. The molecule has 2 heterocycles. The number of amides is 2. The third-order valence-electron chi connectivity index (χ3n) is 6.38. The van der Waals surface area contributed by atoms with Crippen molar-refractivity contribution in [2.75, 3.05) is 23.7 Å². The van der Waals surface area contributed by atoms with Crippen LogP contribution in [0.5, 0.6) is 0 Å². The van der Waals surface area contributed by atoms with Crippen molar-refractivity contribution in [1.82, 2.24) is 3.89 Å². The predicted octanol–water partition coefficient (Wildman–Crippen LogP) is 3.00. The quantitative estimate of drug-likeness (QED) is 0.727. The molecule has 0 spiro atoms. The van der Waals surface area contributed by atoms with E-state index < -0.39 is 19.9 Å². The van der Waals surface area contributed by atoms with Crippen LogP contribution in [-0.2, 0) is 16.6 Å². The Morgan fingerprint density at radius 2 is 1.87 bits per heavy atom. The number of primary amides is 1. The van der Waals surface area contributed by atoms with Gasteiger partial charge in [0, 0.05) is 37.3 Å². The van der Waals surface area contributed by atoms with Gasteiger partial charge < -0.3 is 16.4 Å². The van der Waals surface area contributed by atoms with Gasteiger partial charge in [-0.25, -0.2) is 4.79 Å². The molecule has 2 aromatic carbocycles. The van der Waals surface area contributed by atoms with Crippen LogP contribution in [0.1, 0.15) is 42.9 Å². The molecule has 4 rings (SSSR count). The summed E-state index contributed by atoms with van der Waals surface area (Å²) >= 11 is 0. The molecule has 2 aromatic rings. The van der Waals surface area contributed by atoms with Gasteiger partial charge in [-0.1, -0.05) is 24.3 Å². The van der Waals surface area contributed by atoms with Crippen LogP contribution in [0.4, 0.5) is 16.2 Å². The number of nitrogens with zero attached hydrogens (tertiary/aromatic N) is 2. The first-order valence-corrected chi connectivity index (χ1v) is 12.1. The third-order valence-corrected chi connectivity index (χ3v) is 8.71. The molecule has 2 unspecified atom stereocenters. The second-order valence-corrected chi connectivity index (χ2v) is 10.3. The van der Waals surface area contributed by atoms with Crippen molar-refractivity contribution in [3.63, 3.8) is 0 Å². The van der Waals surface area contributed by atoms with E-state index in [1.54, 1.807) is 12.1 Å². The van der Waals surface area contributed by atoms with Gasteiger partial charge in [0.2, 0.25) is 0 Å². The first-order chi connectivity index (χ1) is 14.4. The molecule has 0 saturated carbocycles. The highest BCUT2D eigenvalue weighted by atomic mass is 32.2. The third kappa shape index (κ3) is 3.38. The van der Waals surface area contributed by atoms with Crippen molar-refractivity contribution < 1.29 is 13.2 Å². The van der Waals surface area contributed by atoms with Gasteiger partial charge in [0.1, 0.15) is 12.3 Å². The Labute approximate surface area is 177 Å². The number of quaternary nitrogens is 1. The van der Waals surface area contributed by atoms with Crippen molar-refractivity contribution in [3.05, 3.63) is 59.7 Å². The van der Waals surface area contributed by atoms with Crippen molar-refractivity contribution in [1.29, 1.82) is 0 Å². The van der Waals surface area contributed by atoms with E-state index >= 15 is 0 Å². The zero-order valence-electron chi connectivity index (χ0n) is 17.0. The molecular weight excluding hydrogens is 400 g/mol. The molecule has 2 aliphatic heterocycles. The molecule has 0 bridgehead atoms. The normalized spacial score (nSPS) is 25.9. The topological polar surface area (TPSA) is 106 Å². The number of rotatable bonds is 4. The zero-order valence-corrected chi connectivity index (χ0v) is 17.9. The van der Waals surface area contributed by atoms with E-state index in [0.717, 1.165) is 42.6 Å². The Bertz CT molecular complexity index is 1040. The zero-order chi connectivity index (χ0) is 21.4. The van der Waals surface area contributed by atoms with Gasteiger partial charge in [0.15, 0.2) is 5.69 Å². The standard InChI is InChI=1S/C22H28N4O3S/c23-16-17-5-3-6-19(15-17)25-12-2-1-7-21(25)18-8-10-20(11-9-18)26(22(24)27)13-4-14-30(26,28)29/h3,5-6,8-11,15,21H,1-2,4,7,12-14,16,23H2,(H-,24,27)/p+1. The molecule has 2 atom stereocenters. The molecule has 0 radical (unpaired) electrons. The van der Waals surface area contributed by atoms with E-state index in [1.807, 2.05) is 24.3 Å². The molecule has 2 aliphatic rings. The molecule has 2 fully saturated rings. The SMILES string of the molecule is NCc1cccc(N2CCCCC2c2ccc([N+]3(C(N)=O)CCCS3(=O)=O)cc2)c1. The monoisotopic (exact) mass is 429 g/mol. The lowest BCUT2D eigenvalue weighted by molar-refractivity contribution is 0.234. The fraction of sp³-hybridized carbons (Fsp3) is 0.409. The summed E-state index contributed by atoms with van der Waals surface area (Å²) in [6, 6.07) is 15.1. The minimum atomic E-state index is -3.66. The average Bonchev–Trinajstić information content (AvgIpc) is 3.09. The van der Waals surface area contributed by atoms with Gasteiger partial charge in [0.05, 0.1) is 6.04 Å². The number of benzene rings is 2. The lowest BCUT2D eigenvalue weighted by Gasteiger charge is -2.38. The van der Waals surface area contributed by atoms with Crippen molar-refractivity contribution in [3.8, 4) is 0 Å². The van der Waals surface area contributed by atoms with Crippen molar-refractivity contribution in [2.24, 2.45) is 11.5 Å². The number of sulfonamides is 1. The molecule has 0 aliphatic carbocycles. The molecule has 160 valence electrons. The Hall–Kier alpha value is -2.42. The van der Waals surface area contributed by atoms with E-state index in [4.69, 9.17) is 11.5 Å². The van der Waals surface area contributed by atoms with Crippen LogP contribution >= 0.6 is 0 Å². The van der Waals surface area contributed by atoms with Gasteiger partial charge in [-0.15, -0.1) is 3.89 Å². The summed E-state index contributed by atoms with van der Waals surface area (Å²) in [5, 5.41) is 0. The van der Waals surface area contributed by atoms with E-state index in [1.165, 1.54) is 0 Å². The molecule has 7 nitrogen and oxygen atoms in total. The summed E-state index contributed by atoms with van der Waals surface area (Å²) < 4.78 is 24.5. The number of anilines is 1.